The number of amidine groups is 1. The predicted octanol–water partition coefficient (Wildman–Crippen LogP) is 2.85. The number of ether oxygens (including phenoxy) is 2. The number of nitrogens with zero attached hydrogens (tertiary/aromatic N) is 2. The average molecular weight is 310 g/mol. The highest BCUT2D eigenvalue weighted by Gasteiger charge is 2.30. The summed E-state index contributed by atoms with van der Waals surface area (Å²) < 4.78 is 45.5. The molecule has 0 spiro atoms. The Morgan fingerprint density at radius 3 is 2.33 bits per heavy atom. The molecular weight excluding hydrogens is 289 g/mol. The fourth-order valence-corrected chi connectivity index (χ4v) is 2.14. The number of hydrogen-bond donors (Lipinski definition) is 0. The van der Waals surface area contributed by atoms with Gasteiger partial charge in [-0.1, -0.05) is 13.8 Å². The van der Waals surface area contributed by atoms with Crippen molar-refractivity contribution in [1.82, 2.24) is 4.90 Å². The fraction of sp³-hybridized carbons (Fsp3) is 0.846. The lowest BCUT2D eigenvalue weighted by Crippen LogP contribution is -2.44. The zero-order chi connectivity index (χ0) is 15.9. The molecule has 0 bridgehead atoms. The third-order valence-electron chi connectivity index (χ3n) is 3.25. The monoisotopic (exact) mass is 310 g/mol. The second-order valence-corrected chi connectivity index (χ2v) is 4.75. The number of morpholine rings is 1. The number of alkyl halides is 3. The number of aliphatic imine (C=N–C) groups is 1. The Kier molecular flexibility index (Phi) is 6.94. The number of amides is 1. The van der Waals surface area contributed by atoms with Crippen LogP contribution in [0.15, 0.2) is 4.99 Å². The van der Waals surface area contributed by atoms with Gasteiger partial charge in [-0.05, 0) is 12.8 Å². The van der Waals surface area contributed by atoms with Crippen LogP contribution in [0.1, 0.15) is 26.7 Å². The maximum Gasteiger partial charge on any atom is 0.435 e. The van der Waals surface area contributed by atoms with Crippen molar-refractivity contribution < 1.29 is 27.4 Å². The second kappa shape index (κ2) is 8.21. The van der Waals surface area contributed by atoms with Gasteiger partial charge in [0.25, 0.3) is 0 Å². The van der Waals surface area contributed by atoms with Gasteiger partial charge >= 0.3 is 12.3 Å². The summed E-state index contributed by atoms with van der Waals surface area (Å²) in [6, 6.07) is 0. The number of halogens is 3. The van der Waals surface area contributed by atoms with E-state index in [4.69, 9.17) is 4.74 Å². The van der Waals surface area contributed by atoms with Crippen LogP contribution in [-0.4, -0.2) is 55.9 Å². The van der Waals surface area contributed by atoms with Crippen LogP contribution < -0.4 is 0 Å². The summed E-state index contributed by atoms with van der Waals surface area (Å²) in [6.45, 7) is 4.45. The van der Waals surface area contributed by atoms with Crippen LogP contribution in [-0.2, 0) is 9.47 Å². The van der Waals surface area contributed by atoms with Gasteiger partial charge in [0.15, 0.2) is 6.61 Å². The molecule has 21 heavy (non-hydrogen) atoms. The second-order valence-electron chi connectivity index (χ2n) is 4.75. The maximum absolute atomic E-state index is 12.0. The van der Waals surface area contributed by atoms with Crippen LogP contribution in [0, 0.1) is 5.92 Å². The molecule has 5 nitrogen and oxygen atoms in total. The van der Waals surface area contributed by atoms with Gasteiger partial charge in [0, 0.05) is 19.0 Å². The van der Waals surface area contributed by atoms with Crippen molar-refractivity contribution in [3.05, 3.63) is 0 Å². The summed E-state index contributed by atoms with van der Waals surface area (Å²) >= 11 is 0. The van der Waals surface area contributed by atoms with Gasteiger partial charge in [-0.2, -0.15) is 18.2 Å². The molecule has 0 aromatic heterocycles. The average Bonchev–Trinajstić information content (AvgIpc) is 2.45. The fourth-order valence-electron chi connectivity index (χ4n) is 2.14. The third kappa shape index (κ3) is 6.33. The highest BCUT2D eigenvalue weighted by molar-refractivity contribution is 5.93. The Morgan fingerprint density at radius 1 is 1.29 bits per heavy atom. The minimum atomic E-state index is -4.54. The molecule has 0 aromatic rings. The van der Waals surface area contributed by atoms with Gasteiger partial charge in [-0.3, -0.25) is 0 Å². The molecule has 1 aliphatic rings. The van der Waals surface area contributed by atoms with E-state index in [1.54, 1.807) is 0 Å². The highest BCUT2D eigenvalue weighted by Crippen LogP contribution is 2.17. The quantitative estimate of drug-likeness (QED) is 0.592. The predicted molar refractivity (Wildman–Crippen MR) is 71.3 cm³/mol. The Bertz CT molecular complexity index is 362. The van der Waals surface area contributed by atoms with Gasteiger partial charge < -0.3 is 14.4 Å². The summed E-state index contributed by atoms with van der Waals surface area (Å²) in [5.41, 5.74) is 0. The Labute approximate surface area is 122 Å². The topological polar surface area (TPSA) is 51.1 Å². The number of carbonyl (C=O) groups excluding carboxylic acids is 1. The van der Waals surface area contributed by atoms with Crippen molar-refractivity contribution in [2.24, 2.45) is 10.9 Å². The van der Waals surface area contributed by atoms with Crippen LogP contribution in [0.25, 0.3) is 0 Å². The Hall–Kier alpha value is -1.31. The minimum absolute atomic E-state index is 0.0153. The molecular formula is C13H21F3N2O3. The molecule has 1 amide bonds. The summed E-state index contributed by atoms with van der Waals surface area (Å²) in [7, 11) is 0. The maximum atomic E-state index is 12.0. The highest BCUT2D eigenvalue weighted by atomic mass is 19.4. The summed E-state index contributed by atoms with van der Waals surface area (Å²) in [5.74, 6) is 0.511. The first-order valence-corrected chi connectivity index (χ1v) is 7.02. The van der Waals surface area contributed by atoms with E-state index in [1.165, 1.54) is 0 Å². The van der Waals surface area contributed by atoms with E-state index in [2.05, 4.69) is 9.73 Å². The van der Waals surface area contributed by atoms with E-state index in [1.807, 2.05) is 18.7 Å². The minimum Gasteiger partial charge on any atom is -0.438 e. The van der Waals surface area contributed by atoms with E-state index in [9.17, 15) is 18.0 Å². The van der Waals surface area contributed by atoms with Crippen LogP contribution in [0.5, 0.6) is 0 Å². The lowest BCUT2D eigenvalue weighted by atomic mass is 10.0. The molecule has 0 N–H and O–H groups in total. The van der Waals surface area contributed by atoms with Crippen LogP contribution in [0.4, 0.5) is 18.0 Å². The van der Waals surface area contributed by atoms with Gasteiger partial charge in [-0.15, -0.1) is 0 Å². The standard InChI is InChI=1S/C13H21F3N2O3/c1-3-10(4-2)11(18-5-7-20-8-6-18)17-12(19)21-9-13(14,15)16/h10H,3-9H2,1-2H3. The van der Waals surface area contributed by atoms with E-state index in [-0.39, 0.29) is 5.92 Å². The molecule has 0 atom stereocenters. The molecule has 1 saturated heterocycles. The largest absolute Gasteiger partial charge is 0.438 e. The zero-order valence-corrected chi connectivity index (χ0v) is 12.3. The first-order chi connectivity index (χ1) is 9.87. The molecule has 1 fully saturated rings. The zero-order valence-electron chi connectivity index (χ0n) is 12.3. The van der Waals surface area contributed by atoms with Gasteiger partial charge in [0.1, 0.15) is 5.84 Å². The molecule has 0 saturated carbocycles. The van der Waals surface area contributed by atoms with E-state index in [0.717, 1.165) is 12.8 Å². The van der Waals surface area contributed by atoms with Crippen LogP contribution in [0.2, 0.25) is 0 Å². The van der Waals surface area contributed by atoms with Gasteiger partial charge in [0.2, 0.25) is 0 Å². The molecule has 122 valence electrons. The van der Waals surface area contributed by atoms with E-state index in [0.29, 0.717) is 32.1 Å². The van der Waals surface area contributed by atoms with E-state index < -0.39 is 18.9 Å². The number of hydrogen-bond acceptors (Lipinski definition) is 3. The van der Waals surface area contributed by atoms with Crippen molar-refractivity contribution in [3.8, 4) is 0 Å². The first-order valence-electron chi connectivity index (χ1n) is 7.02. The van der Waals surface area contributed by atoms with Gasteiger partial charge in [0.05, 0.1) is 13.2 Å². The van der Waals surface area contributed by atoms with Crippen molar-refractivity contribution in [2.45, 2.75) is 32.9 Å². The molecule has 0 unspecified atom stereocenters. The molecule has 0 aromatic carbocycles. The van der Waals surface area contributed by atoms with Crippen molar-refractivity contribution in [1.29, 1.82) is 0 Å². The molecule has 8 heteroatoms. The molecule has 1 rings (SSSR count). The summed E-state index contributed by atoms with van der Waals surface area (Å²) in [5, 5.41) is 0. The van der Waals surface area contributed by atoms with Crippen molar-refractivity contribution in [3.63, 3.8) is 0 Å². The van der Waals surface area contributed by atoms with E-state index >= 15 is 0 Å². The molecule has 1 heterocycles. The SMILES string of the molecule is CCC(CC)C(=NC(=O)OCC(F)(F)F)N1CCOCC1. The lowest BCUT2D eigenvalue weighted by Gasteiger charge is -2.33. The first kappa shape index (κ1) is 17.7. The summed E-state index contributed by atoms with van der Waals surface area (Å²) in [6.07, 6.45) is -4.24. The molecule has 1 aliphatic heterocycles. The van der Waals surface area contributed by atoms with Gasteiger partial charge in [-0.25, -0.2) is 4.79 Å². The lowest BCUT2D eigenvalue weighted by molar-refractivity contribution is -0.159. The van der Waals surface area contributed by atoms with Crippen LogP contribution in [0.3, 0.4) is 0 Å². The van der Waals surface area contributed by atoms with Crippen molar-refractivity contribution in [2.75, 3.05) is 32.9 Å². The smallest absolute Gasteiger partial charge is 0.435 e. The van der Waals surface area contributed by atoms with Crippen LogP contribution >= 0.6 is 0 Å². The Balaban J connectivity index is 2.78. The van der Waals surface area contributed by atoms with Crippen molar-refractivity contribution >= 4 is 11.9 Å². The number of rotatable bonds is 4. The summed E-state index contributed by atoms with van der Waals surface area (Å²) in [4.78, 5) is 17.2. The third-order valence-corrected chi connectivity index (χ3v) is 3.25. The normalized spacial score (nSPS) is 17.2. The molecule has 0 radical (unpaired) electrons. The molecule has 0 aliphatic carbocycles. The Morgan fingerprint density at radius 2 is 1.86 bits per heavy atom. The number of carbonyl (C=O) groups is 1.